The maximum Gasteiger partial charge on any atom is 0.0667 e. The van der Waals surface area contributed by atoms with Gasteiger partial charge < -0.3 is 10.1 Å². The van der Waals surface area contributed by atoms with Crippen LogP contribution in [0.15, 0.2) is 17.5 Å². The summed E-state index contributed by atoms with van der Waals surface area (Å²) >= 11 is 1.86. The highest BCUT2D eigenvalue weighted by atomic mass is 32.1. The number of rotatable bonds is 6. The van der Waals surface area contributed by atoms with Crippen molar-refractivity contribution < 1.29 is 4.74 Å². The Balaban J connectivity index is 1.90. The molecule has 84 valence electrons. The second kappa shape index (κ2) is 5.10. The minimum Gasteiger partial charge on any atom is -0.380 e. The first kappa shape index (κ1) is 11.1. The van der Waals surface area contributed by atoms with E-state index in [9.17, 15) is 0 Å². The molecule has 0 spiro atoms. The summed E-state index contributed by atoms with van der Waals surface area (Å²) < 4.78 is 5.26. The SMILES string of the molecule is COC(C)CNC(c1cccs1)C1CC1. The molecule has 0 aromatic carbocycles. The molecule has 1 fully saturated rings. The van der Waals surface area contributed by atoms with E-state index in [4.69, 9.17) is 4.74 Å². The van der Waals surface area contributed by atoms with E-state index in [1.165, 1.54) is 17.7 Å². The Morgan fingerprint density at radius 2 is 2.40 bits per heavy atom. The van der Waals surface area contributed by atoms with E-state index in [0.29, 0.717) is 12.1 Å². The van der Waals surface area contributed by atoms with E-state index < -0.39 is 0 Å². The molecule has 1 heterocycles. The minimum absolute atomic E-state index is 0.297. The molecule has 1 aromatic heterocycles. The molecule has 3 heteroatoms. The van der Waals surface area contributed by atoms with Crippen LogP contribution in [0.5, 0.6) is 0 Å². The summed E-state index contributed by atoms with van der Waals surface area (Å²) in [6, 6.07) is 4.93. The lowest BCUT2D eigenvalue weighted by Gasteiger charge is -2.19. The molecule has 1 aliphatic carbocycles. The van der Waals surface area contributed by atoms with Gasteiger partial charge in [0.05, 0.1) is 6.10 Å². The van der Waals surface area contributed by atoms with Crippen LogP contribution in [0, 0.1) is 5.92 Å². The Morgan fingerprint density at radius 3 is 2.93 bits per heavy atom. The molecule has 2 rings (SSSR count). The van der Waals surface area contributed by atoms with Gasteiger partial charge in [0.25, 0.3) is 0 Å². The maximum atomic E-state index is 5.26. The predicted molar refractivity (Wildman–Crippen MR) is 64.3 cm³/mol. The van der Waals surface area contributed by atoms with Crippen LogP contribution in [-0.4, -0.2) is 19.8 Å². The number of hydrogen-bond acceptors (Lipinski definition) is 3. The number of nitrogens with one attached hydrogen (secondary N) is 1. The van der Waals surface area contributed by atoms with Crippen LogP contribution < -0.4 is 5.32 Å². The Labute approximate surface area is 95.6 Å². The van der Waals surface area contributed by atoms with Gasteiger partial charge in [-0.1, -0.05) is 6.07 Å². The summed E-state index contributed by atoms with van der Waals surface area (Å²) in [6.07, 6.45) is 3.04. The summed E-state index contributed by atoms with van der Waals surface area (Å²) in [7, 11) is 1.77. The van der Waals surface area contributed by atoms with Crippen molar-refractivity contribution in [2.75, 3.05) is 13.7 Å². The number of thiophene rings is 1. The topological polar surface area (TPSA) is 21.3 Å². The summed E-state index contributed by atoms with van der Waals surface area (Å²) in [5.74, 6) is 0.854. The van der Waals surface area contributed by atoms with E-state index >= 15 is 0 Å². The van der Waals surface area contributed by atoms with Crippen LogP contribution in [0.2, 0.25) is 0 Å². The first-order valence-corrected chi connectivity index (χ1v) is 6.49. The van der Waals surface area contributed by atoms with E-state index in [0.717, 1.165) is 12.5 Å². The zero-order valence-electron chi connectivity index (χ0n) is 9.40. The number of ether oxygens (including phenoxy) is 1. The van der Waals surface area contributed by atoms with Crippen molar-refractivity contribution >= 4 is 11.3 Å². The van der Waals surface area contributed by atoms with Gasteiger partial charge in [-0.25, -0.2) is 0 Å². The van der Waals surface area contributed by atoms with Crippen molar-refractivity contribution in [2.45, 2.75) is 31.9 Å². The third kappa shape index (κ3) is 3.03. The van der Waals surface area contributed by atoms with Crippen molar-refractivity contribution in [3.8, 4) is 0 Å². The van der Waals surface area contributed by atoms with Crippen LogP contribution in [0.3, 0.4) is 0 Å². The first-order chi connectivity index (χ1) is 7.31. The second-order valence-electron chi connectivity index (χ2n) is 4.29. The van der Waals surface area contributed by atoms with Crippen LogP contribution in [0.1, 0.15) is 30.7 Å². The standard InChI is InChI=1S/C12H19NOS/c1-9(14-2)8-13-12(10-5-6-10)11-4-3-7-15-11/h3-4,7,9-10,12-13H,5-6,8H2,1-2H3. The van der Waals surface area contributed by atoms with E-state index in [1.54, 1.807) is 7.11 Å². The molecule has 0 radical (unpaired) electrons. The molecule has 1 N–H and O–H groups in total. The van der Waals surface area contributed by atoms with Crippen molar-refractivity contribution in [3.63, 3.8) is 0 Å². The molecule has 0 bridgehead atoms. The molecular weight excluding hydrogens is 206 g/mol. The van der Waals surface area contributed by atoms with Gasteiger partial charge in [-0.05, 0) is 37.1 Å². The molecule has 2 nitrogen and oxygen atoms in total. The monoisotopic (exact) mass is 225 g/mol. The summed E-state index contributed by atoms with van der Waals surface area (Å²) in [5, 5.41) is 5.78. The predicted octanol–water partition coefficient (Wildman–Crippen LogP) is 2.82. The first-order valence-electron chi connectivity index (χ1n) is 5.61. The average molecular weight is 225 g/mol. The lowest BCUT2D eigenvalue weighted by molar-refractivity contribution is 0.113. The summed E-state index contributed by atoms with van der Waals surface area (Å²) in [4.78, 5) is 1.47. The highest BCUT2D eigenvalue weighted by molar-refractivity contribution is 7.10. The Bertz CT molecular complexity index is 282. The zero-order chi connectivity index (χ0) is 10.7. The molecule has 0 aliphatic heterocycles. The molecule has 15 heavy (non-hydrogen) atoms. The quantitative estimate of drug-likeness (QED) is 0.804. The van der Waals surface area contributed by atoms with E-state index in [-0.39, 0.29) is 0 Å². The smallest absolute Gasteiger partial charge is 0.0667 e. The fourth-order valence-electron chi connectivity index (χ4n) is 1.77. The second-order valence-corrected chi connectivity index (χ2v) is 5.26. The van der Waals surface area contributed by atoms with Gasteiger partial charge in [0.2, 0.25) is 0 Å². The minimum atomic E-state index is 0.297. The van der Waals surface area contributed by atoms with Gasteiger partial charge in [0.1, 0.15) is 0 Å². The van der Waals surface area contributed by atoms with Gasteiger partial charge in [0.15, 0.2) is 0 Å². The fraction of sp³-hybridized carbons (Fsp3) is 0.667. The van der Waals surface area contributed by atoms with Crippen molar-refractivity contribution in [1.82, 2.24) is 5.32 Å². The van der Waals surface area contributed by atoms with Crippen molar-refractivity contribution in [1.29, 1.82) is 0 Å². The van der Waals surface area contributed by atoms with Crippen molar-refractivity contribution in [3.05, 3.63) is 22.4 Å². The van der Waals surface area contributed by atoms with Crippen LogP contribution in [-0.2, 0) is 4.74 Å². The Hall–Kier alpha value is -0.380. The molecule has 1 aliphatic rings. The van der Waals surface area contributed by atoms with Gasteiger partial charge >= 0.3 is 0 Å². The largest absolute Gasteiger partial charge is 0.380 e. The van der Waals surface area contributed by atoms with E-state index in [2.05, 4.69) is 29.8 Å². The van der Waals surface area contributed by atoms with Gasteiger partial charge in [-0.15, -0.1) is 11.3 Å². The summed E-state index contributed by atoms with van der Waals surface area (Å²) in [5.41, 5.74) is 0. The molecule has 2 unspecified atom stereocenters. The molecule has 1 saturated carbocycles. The summed E-state index contributed by atoms with van der Waals surface area (Å²) in [6.45, 7) is 3.04. The van der Waals surface area contributed by atoms with Crippen LogP contribution in [0.25, 0.3) is 0 Å². The maximum absolute atomic E-state index is 5.26. The van der Waals surface area contributed by atoms with E-state index in [1.807, 2.05) is 11.3 Å². The van der Waals surface area contributed by atoms with Crippen molar-refractivity contribution in [2.24, 2.45) is 5.92 Å². The van der Waals surface area contributed by atoms with Crippen LogP contribution in [0.4, 0.5) is 0 Å². The number of methoxy groups -OCH3 is 1. The molecule has 1 aromatic rings. The highest BCUT2D eigenvalue weighted by Crippen LogP contribution is 2.42. The van der Waals surface area contributed by atoms with Gasteiger partial charge in [0, 0.05) is 24.6 Å². The zero-order valence-corrected chi connectivity index (χ0v) is 10.2. The average Bonchev–Trinajstić information content (AvgIpc) is 2.94. The lowest BCUT2D eigenvalue weighted by Crippen LogP contribution is -2.30. The lowest BCUT2D eigenvalue weighted by atomic mass is 10.1. The molecule has 0 amide bonds. The van der Waals surface area contributed by atoms with Gasteiger partial charge in [-0.3, -0.25) is 0 Å². The fourth-order valence-corrected chi connectivity index (χ4v) is 2.67. The Morgan fingerprint density at radius 1 is 1.60 bits per heavy atom. The van der Waals surface area contributed by atoms with Crippen LogP contribution >= 0.6 is 11.3 Å². The normalized spacial score (nSPS) is 20.1. The van der Waals surface area contributed by atoms with Gasteiger partial charge in [-0.2, -0.15) is 0 Å². The highest BCUT2D eigenvalue weighted by Gasteiger charge is 2.32. The molecule has 0 saturated heterocycles. The third-order valence-corrected chi connectivity index (χ3v) is 3.93. The number of hydrogen-bond donors (Lipinski definition) is 1. The molecular formula is C12H19NOS. The molecule has 2 atom stereocenters. The Kier molecular flexibility index (Phi) is 3.78. The third-order valence-electron chi connectivity index (χ3n) is 2.97.